The first-order chi connectivity index (χ1) is 19.9. The molecule has 1 heterocycles. The first-order valence-electron chi connectivity index (χ1n) is 16.7. The molecule has 6 aliphatic carbocycles. The zero-order valence-electron chi connectivity index (χ0n) is 26.1. The zero-order chi connectivity index (χ0) is 29.9. The Balaban J connectivity index is 1.12. The van der Waals surface area contributed by atoms with Crippen LogP contribution in [0.2, 0.25) is 0 Å². The Hall–Kier alpha value is -1.70. The van der Waals surface area contributed by atoms with E-state index in [4.69, 9.17) is 4.74 Å². The summed E-state index contributed by atoms with van der Waals surface area (Å²) in [5.41, 5.74) is 1.13. The van der Waals surface area contributed by atoms with Crippen molar-refractivity contribution in [3.05, 3.63) is 23.3 Å². The number of hydrogen-bond donors (Lipinski definition) is 3. The molecule has 3 N–H and O–H groups in total. The van der Waals surface area contributed by atoms with Crippen LogP contribution in [-0.4, -0.2) is 63.7 Å². The van der Waals surface area contributed by atoms with Gasteiger partial charge in [-0.05, 0) is 115 Å². The molecule has 0 aromatic rings. The molecule has 5 saturated carbocycles. The third-order valence-electron chi connectivity index (χ3n) is 14.7. The fourth-order valence-electron chi connectivity index (χ4n) is 12.0. The number of fused-ring (bicyclic) bond motifs is 7. The summed E-state index contributed by atoms with van der Waals surface area (Å²) in [7, 11) is 1.44. The van der Waals surface area contributed by atoms with Gasteiger partial charge < -0.3 is 25.0 Å². The molecule has 0 spiro atoms. The fourth-order valence-corrected chi connectivity index (χ4v) is 12.0. The molecule has 42 heavy (non-hydrogen) atoms. The van der Waals surface area contributed by atoms with Crippen LogP contribution in [-0.2, 0) is 14.3 Å². The number of esters is 1. The maximum atomic E-state index is 13.7. The highest BCUT2D eigenvalue weighted by atomic mass is 16.5. The third-order valence-corrected chi connectivity index (χ3v) is 14.7. The fraction of sp³-hybridized carbons (Fsp3) is 0.829. The molecule has 0 aromatic heterocycles. The number of allylic oxidation sites excluding steroid dienone is 1. The molecular formula is C35H51NO6. The number of methoxy groups -OCH3 is 1. The number of carbonyl (C=O) groups is 2. The van der Waals surface area contributed by atoms with Crippen molar-refractivity contribution in [2.24, 2.45) is 57.7 Å². The van der Waals surface area contributed by atoms with E-state index in [1.165, 1.54) is 7.11 Å². The lowest BCUT2D eigenvalue weighted by Crippen LogP contribution is -2.66. The molecule has 232 valence electrons. The summed E-state index contributed by atoms with van der Waals surface area (Å²) >= 11 is 0. The van der Waals surface area contributed by atoms with E-state index in [-0.39, 0.29) is 57.8 Å². The molecule has 0 bridgehead atoms. The van der Waals surface area contributed by atoms with Crippen molar-refractivity contribution in [3.8, 4) is 0 Å². The lowest BCUT2D eigenvalue weighted by molar-refractivity contribution is -0.232. The third kappa shape index (κ3) is 3.81. The number of carbonyl (C=O) groups excluding carboxylic acids is 2. The first-order valence-corrected chi connectivity index (χ1v) is 16.7. The average molecular weight is 582 g/mol. The van der Waals surface area contributed by atoms with E-state index >= 15 is 0 Å². The number of ether oxygens (including phenoxy) is 1. The van der Waals surface area contributed by atoms with Gasteiger partial charge >= 0.3 is 5.97 Å². The van der Waals surface area contributed by atoms with Crippen LogP contribution in [0.3, 0.4) is 0 Å². The standard InChI is InChI=1S/C35H51NO6/c1-18(6-11-28(39)42-5)23-9-10-24-30-25(15-27(38)35(23,24)4)34(3)13-12-20(16-33(34,2)17-26(30)37)36-31(40)21-8-7-19-14-22(19)29(21)32(36)41/h7-8,18-20,22-27,30-31,37-38,40H,6,9-17H2,1-5H3/t18-,19?,20?,22?,23?,24?,25?,26?,27?,30?,31?,33?,34?,35?/m1/s1. The minimum Gasteiger partial charge on any atom is -0.469 e. The topological polar surface area (TPSA) is 107 Å². The van der Waals surface area contributed by atoms with Gasteiger partial charge in [-0.2, -0.15) is 0 Å². The van der Waals surface area contributed by atoms with Crippen molar-refractivity contribution in [2.45, 2.75) is 116 Å². The molecule has 7 aliphatic rings. The van der Waals surface area contributed by atoms with Crippen molar-refractivity contribution in [3.63, 3.8) is 0 Å². The van der Waals surface area contributed by atoms with Crippen molar-refractivity contribution < 1.29 is 29.6 Å². The second-order valence-electron chi connectivity index (χ2n) is 16.2. The van der Waals surface area contributed by atoms with Crippen LogP contribution in [0.4, 0.5) is 0 Å². The highest BCUT2D eigenvalue weighted by molar-refractivity contribution is 6.00. The van der Waals surface area contributed by atoms with Crippen molar-refractivity contribution in [1.82, 2.24) is 4.90 Å². The van der Waals surface area contributed by atoms with Crippen molar-refractivity contribution >= 4 is 11.9 Å². The Bertz CT molecular complexity index is 1230. The molecule has 13 unspecified atom stereocenters. The van der Waals surface area contributed by atoms with Gasteiger partial charge in [-0.3, -0.25) is 9.59 Å². The number of rotatable bonds is 5. The highest BCUT2D eigenvalue weighted by Gasteiger charge is 2.69. The number of amides is 1. The van der Waals surface area contributed by atoms with E-state index in [0.717, 1.165) is 56.1 Å². The van der Waals surface area contributed by atoms with E-state index in [9.17, 15) is 24.9 Å². The molecule has 7 nitrogen and oxygen atoms in total. The second kappa shape index (κ2) is 9.65. The summed E-state index contributed by atoms with van der Waals surface area (Å²) in [5.74, 6) is 1.83. The number of nitrogens with zero attached hydrogens (tertiary/aromatic N) is 1. The Morgan fingerprint density at radius 3 is 2.60 bits per heavy atom. The molecule has 5 fully saturated rings. The molecular weight excluding hydrogens is 530 g/mol. The number of aliphatic hydroxyl groups is 3. The van der Waals surface area contributed by atoms with Crippen molar-refractivity contribution in [1.29, 1.82) is 0 Å². The lowest BCUT2D eigenvalue weighted by atomic mass is 9.39. The zero-order valence-corrected chi connectivity index (χ0v) is 26.1. The molecule has 0 radical (unpaired) electrons. The lowest BCUT2D eigenvalue weighted by Gasteiger charge is -2.67. The molecule has 0 saturated heterocycles. The molecule has 14 atom stereocenters. The molecule has 0 aromatic carbocycles. The molecule has 7 rings (SSSR count). The quantitative estimate of drug-likeness (QED) is 0.410. The summed E-state index contributed by atoms with van der Waals surface area (Å²) in [6, 6.07) is -0.0455. The maximum absolute atomic E-state index is 13.7. The van der Waals surface area contributed by atoms with E-state index in [1.54, 1.807) is 4.90 Å². The van der Waals surface area contributed by atoms with Gasteiger partial charge in [0.1, 0.15) is 0 Å². The minimum absolute atomic E-state index is 0.0305. The predicted molar refractivity (Wildman–Crippen MR) is 157 cm³/mol. The Morgan fingerprint density at radius 1 is 1.10 bits per heavy atom. The van der Waals surface area contributed by atoms with Gasteiger partial charge in [-0.1, -0.05) is 39.8 Å². The minimum atomic E-state index is -0.863. The Kier molecular flexibility index (Phi) is 6.67. The summed E-state index contributed by atoms with van der Waals surface area (Å²) in [6.07, 6.45) is 10.5. The van der Waals surface area contributed by atoms with Gasteiger partial charge in [0.25, 0.3) is 5.91 Å². The Morgan fingerprint density at radius 2 is 1.86 bits per heavy atom. The van der Waals surface area contributed by atoms with E-state index < -0.39 is 18.4 Å². The smallest absolute Gasteiger partial charge is 0.305 e. The predicted octanol–water partition coefficient (Wildman–Crippen LogP) is 4.60. The number of aliphatic hydroxyl groups excluding tert-OH is 3. The van der Waals surface area contributed by atoms with Crippen LogP contribution in [0.15, 0.2) is 23.3 Å². The van der Waals surface area contributed by atoms with E-state index in [2.05, 4.69) is 33.8 Å². The second-order valence-corrected chi connectivity index (χ2v) is 16.2. The van der Waals surface area contributed by atoms with Crippen LogP contribution in [0.1, 0.15) is 91.9 Å². The van der Waals surface area contributed by atoms with Gasteiger partial charge in [0.15, 0.2) is 6.23 Å². The molecule has 7 heteroatoms. The summed E-state index contributed by atoms with van der Waals surface area (Å²) in [5, 5.41) is 35.3. The summed E-state index contributed by atoms with van der Waals surface area (Å²) < 4.78 is 4.89. The van der Waals surface area contributed by atoms with Crippen LogP contribution < -0.4 is 0 Å². The largest absolute Gasteiger partial charge is 0.469 e. The normalized spacial score (nSPS) is 51.3. The highest BCUT2D eigenvalue weighted by Crippen LogP contribution is 2.71. The molecule has 1 aliphatic heterocycles. The number of hydrogen-bond acceptors (Lipinski definition) is 6. The van der Waals surface area contributed by atoms with Crippen LogP contribution >= 0.6 is 0 Å². The Labute approximate surface area is 250 Å². The maximum Gasteiger partial charge on any atom is 0.305 e. The average Bonchev–Trinajstić information content (AvgIpc) is 3.59. The van der Waals surface area contributed by atoms with Gasteiger partial charge in [-0.25, -0.2) is 0 Å². The summed E-state index contributed by atoms with van der Waals surface area (Å²) in [6.45, 7) is 9.19. The van der Waals surface area contributed by atoms with Gasteiger partial charge in [0.2, 0.25) is 0 Å². The van der Waals surface area contributed by atoms with Gasteiger partial charge in [0.05, 0.1) is 19.3 Å². The first kappa shape index (κ1) is 29.0. The van der Waals surface area contributed by atoms with Crippen LogP contribution in [0, 0.1) is 57.7 Å². The van der Waals surface area contributed by atoms with Crippen molar-refractivity contribution in [2.75, 3.05) is 7.11 Å². The van der Waals surface area contributed by atoms with Gasteiger partial charge in [0, 0.05) is 23.6 Å². The molecule has 1 amide bonds. The van der Waals surface area contributed by atoms with Crippen LogP contribution in [0.25, 0.3) is 0 Å². The monoisotopic (exact) mass is 581 g/mol. The van der Waals surface area contributed by atoms with E-state index in [1.807, 2.05) is 6.08 Å². The SMILES string of the molecule is COC(=O)CC[C@@H](C)C1CCC2C3C(O)CC4(C)CC(N5C(=O)C6=C(C=CC7CC67)C5O)CCC4(C)C3CC(O)C21C. The van der Waals surface area contributed by atoms with E-state index in [0.29, 0.717) is 37.0 Å². The van der Waals surface area contributed by atoms with Gasteiger partial charge in [-0.15, -0.1) is 0 Å². The summed E-state index contributed by atoms with van der Waals surface area (Å²) in [4.78, 5) is 27.3. The van der Waals surface area contributed by atoms with Crippen LogP contribution in [0.5, 0.6) is 0 Å².